The fraction of sp³-hybridized carbons (Fsp3) is 0.435. The van der Waals surface area contributed by atoms with Crippen LogP contribution in [0.2, 0.25) is 0 Å². The maximum Gasteiger partial charge on any atom is 0.229 e. The van der Waals surface area contributed by atoms with Gasteiger partial charge < -0.3 is 25.4 Å². The van der Waals surface area contributed by atoms with Gasteiger partial charge in [0.15, 0.2) is 0 Å². The van der Waals surface area contributed by atoms with Gasteiger partial charge in [-0.15, -0.1) is 0 Å². The van der Waals surface area contributed by atoms with Crippen molar-refractivity contribution in [3.63, 3.8) is 0 Å². The largest absolute Gasteiger partial charge is 0.403 e. The maximum atomic E-state index is 11.5. The average Bonchev–Trinajstić information content (AvgIpc) is 3.44. The Morgan fingerprint density at radius 2 is 1.90 bits per heavy atom. The highest BCUT2D eigenvalue weighted by Crippen LogP contribution is 2.32. The van der Waals surface area contributed by atoms with Crippen LogP contribution in [-0.2, 0) is 4.79 Å². The van der Waals surface area contributed by atoms with Gasteiger partial charge in [0.2, 0.25) is 11.9 Å². The molecule has 31 heavy (non-hydrogen) atoms. The topological polar surface area (TPSA) is 92.3 Å². The first-order valence-electron chi connectivity index (χ1n) is 10.9. The Morgan fingerprint density at radius 3 is 2.58 bits per heavy atom. The van der Waals surface area contributed by atoms with E-state index in [9.17, 15) is 4.79 Å². The second-order valence-corrected chi connectivity index (χ2v) is 8.20. The van der Waals surface area contributed by atoms with Gasteiger partial charge in [0.1, 0.15) is 5.65 Å². The maximum absolute atomic E-state index is 11.5. The molecule has 8 heteroatoms. The molecular formula is C23H31N7O. The number of carbonyl (C=O) groups is 1. The molecule has 0 bridgehead atoms. The lowest BCUT2D eigenvalue weighted by Gasteiger charge is -2.36. The quantitative estimate of drug-likeness (QED) is 0.697. The van der Waals surface area contributed by atoms with Crippen LogP contribution < -0.4 is 11.1 Å². The van der Waals surface area contributed by atoms with Gasteiger partial charge in [-0.3, -0.25) is 4.79 Å². The number of amides is 1. The van der Waals surface area contributed by atoms with Crippen molar-refractivity contribution in [1.29, 1.82) is 0 Å². The minimum absolute atomic E-state index is 0.113. The summed E-state index contributed by atoms with van der Waals surface area (Å²) in [5.74, 6) is 0.649. The standard InChI is InChI=1S/C23H31N7O/c1-17(7-8-21(15-24)29-13-11-28(12-14-29)18(2)31)26-23-25-16-19-9-10-30(22(19)27-23)20-5-3-4-6-20/h7-10,15-16,20H,1,3-6,11-14,24H2,2H3,(H,25,26,27)/b8-7-,21-15+. The third-order valence-corrected chi connectivity index (χ3v) is 6.16. The molecule has 0 aromatic carbocycles. The molecule has 0 spiro atoms. The van der Waals surface area contributed by atoms with Crippen LogP contribution in [0.3, 0.4) is 0 Å². The van der Waals surface area contributed by atoms with E-state index in [0.717, 1.165) is 29.8 Å². The van der Waals surface area contributed by atoms with Crippen molar-refractivity contribution in [1.82, 2.24) is 24.3 Å². The summed E-state index contributed by atoms with van der Waals surface area (Å²) in [6, 6.07) is 2.61. The first-order valence-corrected chi connectivity index (χ1v) is 10.9. The number of fused-ring (bicyclic) bond motifs is 1. The van der Waals surface area contributed by atoms with Crippen LogP contribution in [0.1, 0.15) is 38.6 Å². The van der Waals surface area contributed by atoms with Gasteiger partial charge >= 0.3 is 0 Å². The van der Waals surface area contributed by atoms with E-state index >= 15 is 0 Å². The van der Waals surface area contributed by atoms with Crippen molar-refractivity contribution in [2.24, 2.45) is 5.73 Å². The number of nitrogens with two attached hydrogens (primary N) is 1. The molecule has 0 radical (unpaired) electrons. The molecule has 2 aliphatic rings. The predicted octanol–water partition coefficient (Wildman–Crippen LogP) is 2.99. The predicted molar refractivity (Wildman–Crippen MR) is 123 cm³/mol. The fourth-order valence-electron chi connectivity index (χ4n) is 4.39. The molecular weight excluding hydrogens is 390 g/mol. The summed E-state index contributed by atoms with van der Waals surface area (Å²) >= 11 is 0. The summed E-state index contributed by atoms with van der Waals surface area (Å²) in [7, 11) is 0. The number of piperazine rings is 1. The summed E-state index contributed by atoms with van der Waals surface area (Å²) in [5, 5.41) is 4.24. The van der Waals surface area contributed by atoms with Gasteiger partial charge in [-0.2, -0.15) is 4.98 Å². The molecule has 3 N–H and O–H groups in total. The van der Waals surface area contributed by atoms with Crippen molar-refractivity contribution >= 4 is 22.9 Å². The molecule has 4 rings (SSSR count). The van der Waals surface area contributed by atoms with Gasteiger partial charge in [-0.05, 0) is 31.1 Å². The van der Waals surface area contributed by atoms with E-state index in [-0.39, 0.29) is 5.91 Å². The number of nitrogens with zero attached hydrogens (tertiary/aromatic N) is 5. The number of aromatic nitrogens is 3. The Hall–Kier alpha value is -3.29. The normalized spacial score (nSPS) is 18.3. The molecule has 8 nitrogen and oxygen atoms in total. The monoisotopic (exact) mass is 421 g/mol. The molecule has 3 heterocycles. The number of hydrogen-bond acceptors (Lipinski definition) is 6. The van der Waals surface area contributed by atoms with Crippen LogP contribution in [0.15, 0.2) is 54.8 Å². The van der Waals surface area contributed by atoms with E-state index in [1.807, 2.05) is 23.2 Å². The van der Waals surface area contributed by atoms with Crippen LogP contribution in [-0.4, -0.2) is 56.4 Å². The molecule has 0 atom stereocenters. The zero-order valence-corrected chi connectivity index (χ0v) is 18.1. The molecule has 1 saturated carbocycles. The van der Waals surface area contributed by atoms with Crippen molar-refractivity contribution in [2.75, 3.05) is 31.5 Å². The molecule has 2 aromatic heterocycles. The smallest absolute Gasteiger partial charge is 0.229 e. The number of rotatable bonds is 6. The third-order valence-electron chi connectivity index (χ3n) is 6.16. The zero-order chi connectivity index (χ0) is 21.8. The summed E-state index contributed by atoms with van der Waals surface area (Å²) < 4.78 is 2.28. The summed E-state index contributed by atoms with van der Waals surface area (Å²) in [4.78, 5) is 24.7. The number of nitrogens with one attached hydrogen (secondary N) is 1. The van der Waals surface area contributed by atoms with Crippen LogP contribution in [0.5, 0.6) is 0 Å². The number of hydrogen-bond donors (Lipinski definition) is 2. The Labute approximate surface area is 183 Å². The highest BCUT2D eigenvalue weighted by atomic mass is 16.2. The highest BCUT2D eigenvalue weighted by molar-refractivity contribution is 5.76. The lowest BCUT2D eigenvalue weighted by Crippen LogP contribution is -2.47. The Kier molecular flexibility index (Phi) is 6.25. The van der Waals surface area contributed by atoms with Gasteiger partial charge in [-0.1, -0.05) is 19.4 Å². The molecule has 0 unspecified atom stereocenters. The second-order valence-electron chi connectivity index (χ2n) is 8.20. The SMILES string of the molecule is C=C(/C=C\C(=C/N)N1CCN(C(C)=O)CC1)Nc1ncc2ccn(C3CCCC3)c2n1. The van der Waals surface area contributed by atoms with Gasteiger partial charge in [0.25, 0.3) is 0 Å². The molecule has 2 fully saturated rings. The van der Waals surface area contributed by atoms with Crippen LogP contribution in [0, 0.1) is 0 Å². The van der Waals surface area contributed by atoms with Crippen LogP contribution in [0.25, 0.3) is 11.0 Å². The zero-order valence-electron chi connectivity index (χ0n) is 18.1. The van der Waals surface area contributed by atoms with Gasteiger partial charge in [-0.25, -0.2) is 4.98 Å². The first-order chi connectivity index (χ1) is 15.0. The van der Waals surface area contributed by atoms with E-state index in [2.05, 4.69) is 38.6 Å². The molecule has 2 aromatic rings. The average molecular weight is 422 g/mol. The lowest BCUT2D eigenvalue weighted by atomic mass is 10.2. The van der Waals surface area contributed by atoms with E-state index in [4.69, 9.17) is 10.7 Å². The second kappa shape index (κ2) is 9.24. The third kappa shape index (κ3) is 4.73. The molecule has 1 aliphatic heterocycles. The Morgan fingerprint density at radius 1 is 1.19 bits per heavy atom. The van der Waals surface area contributed by atoms with Crippen LogP contribution in [0.4, 0.5) is 5.95 Å². The Bertz CT molecular complexity index is 1010. The molecule has 1 saturated heterocycles. The minimum atomic E-state index is 0.113. The van der Waals surface area contributed by atoms with Crippen molar-refractivity contribution in [2.45, 2.75) is 38.6 Å². The van der Waals surface area contributed by atoms with E-state index in [1.165, 1.54) is 25.7 Å². The van der Waals surface area contributed by atoms with Gasteiger partial charge in [0.05, 0.1) is 5.70 Å². The molecule has 1 amide bonds. The fourth-order valence-corrected chi connectivity index (χ4v) is 4.39. The number of anilines is 1. The van der Waals surface area contributed by atoms with E-state index < -0.39 is 0 Å². The van der Waals surface area contributed by atoms with E-state index in [0.29, 0.717) is 30.8 Å². The molecule has 1 aliphatic carbocycles. The van der Waals surface area contributed by atoms with Crippen molar-refractivity contribution in [3.8, 4) is 0 Å². The van der Waals surface area contributed by atoms with E-state index in [1.54, 1.807) is 13.1 Å². The summed E-state index contributed by atoms with van der Waals surface area (Å²) in [5.41, 5.74) is 8.40. The summed E-state index contributed by atoms with van der Waals surface area (Å²) in [6.45, 7) is 8.60. The summed E-state index contributed by atoms with van der Waals surface area (Å²) in [6.07, 6.45) is 14.3. The Balaban J connectivity index is 1.39. The number of allylic oxidation sites excluding steroid dienone is 2. The van der Waals surface area contributed by atoms with Crippen LogP contribution >= 0.6 is 0 Å². The highest BCUT2D eigenvalue weighted by Gasteiger charge is 2.20. The number of carbonyl (C=O) groups excluding carboxylic acids is 1. The van der Waals surface area contributed by atoms with Gasteiger partial charge in [0, 0.05) is 68.8 Å². The van der Waals surface area contributed by atoms with Crippen molar-refractivity contribution in [3.05, 3.63) is 54.8 Å². The minimum Gasteiger partial charge on any atom is -0.403 e. The lowest BCUT2D eigenvalue weighted by molar-refractivity contribution is -0.130. The molecule has 164 valence electrons. The van der Waals surface area contributed by atoms with Crippen molar-refractivity contribution < 1.29 is 4.79 Å². The first kappa shape index (κ1) is 21.0.